The van der Waals surface area contributed by atoms with Gasteiger partial charge in [0.25, 0.3) is 0 Å². The minimum Gasteiger partial charge on any atom is 1.00 e. The predicted octanol–water partition coefficient (Wildman–Crippen LogP) is -6.74. The molecule has 0 spiro atoms. The average Bonchev–Trinajstić information content (AvgIpc) is 1.41. The van der Waals surface area contributed by atoms with Gasteiger partial charge in [0.15, 0.2) is 0 Å². The molecular weight excluding hydrogens is 150 g/mol. The maximum Gasteiger partial charge on any atom is 1.00 e. The SMILES string of the molecule is O=C([O-])[O-].[AlH2][Ca+].[Na+]. The Labute approximate surface area is 91.5 Å². The first-order valence-corrected chi connectivity index (χ1v) is 9.36. The van der Waals surface area contributed by atoms with Crippen LogP contribution in [0, 0.1) is 0 Å². The summed E-state index contributed by atoms with van der Waals surface area (Å²) in [6.07, 6.45) is -2.33. The zero-order chi connectivity index (χ0) is 5.58. The molecule has 0 N–H and O–H groups in total. The monoisotopic (exact) mass is 152 g/mol. The molecule has 7 heavy (non-hydrogen) atoms. The molecule has 30 valence electrons. The van der Waals surface area contributed by atoms with Crippen molar-refractivity contribution >= 4 is 48.9 Å². The third-order valence-corrected chi connectivity index (χ3v) is 0. The van der Waals surface area contributed by atoms with E-state index in [1.54, 1.807) is 0 Å². The summed E-state index contributed by atoms with van der Waals surface area (Å²) in [5.74, 6) is 0. The Hall–Kier alpha value is 2.06. The van der Waals surface area contributed by atoms with Crippen LogP contribution in [0.3, 0.4) is 0 Å². The van der Waals surface area contributed by atoms with Gasteiger partial charge in [0.05, 0.1) is 0 Å². The van der Waals surface area contributed by atoms with E-state index in [0.29, 0.717) is 0 Å². The van der Waals surface area contributed by atoms with E-state index in [0.717, 1.165) is 0 Å². The number of carbonyl (C=O) groups is 1. The Morgan fingerprint density at radius 2 is 1.43 bits per heavy atom. The Morgan fingerprint density at radius 1 is 1.43 bits per heavy atom. The molecule has 0 aromatic rings. The minimum atomic E-state index is -2.33. The van der Waals surface area contributed by atoms with Crippen LogP contribution in [0.25, 0.3) is 0 Å². The number of carbonyl (C=O) groups excluding carboxylic acids is 1. The smallest absolute Gasteiger partial charge is 1.00 e. The van der Waals surface area contributed by atoms with Crippen LogP contribution in [0.4, 0.5) is 4.79 Å². The number of hydrogen-bond acceptors (Lipinski definition) is 3. The molecule has 0 fully saturated rings. The molecule has 0 aliphatic rings. The average molecular weight is 152 g/mol. The fourth-order valence-electron chi connectivity index (χ4n) is 0. The van der Waals surface area contributed by atoms with Crippen molar-refractivity contribution in [1.82, 2.24) is 0 Å². The Morgan fingerprint density at radius 3 is 1.43 bits per heavy atom. The molecule has 6 heteroatoms. The van der Waals surface area contributed by atoms with Crippen LogP contribution in [0.5, 0.6) is 0 Å². The Balaban J connectivity index is -0.0000000480. The van der Waals surface area contributed by atoms with Crippen molar-refractivity contribution in [2.24, 2.45) is 0 Å². The molecule has 0 bridgehead atoms. The maximum atomic E-state index is 8.33. The van der Waals surface area contributed by atoms with E-state index in [2.05, 4.69) is 0 Å². The van der Waals surface area contributed by atoms with Crippen LogP contribution in [0.15, 0.2) is 0 Å². The van der Waals surface area contributed by atoms with Crippen LogP contribution in [-0.2, 0) is 0 Å². The van der Waals surface area contributed by atoms with Crippen LogP contribution < -0.4 is 39.8 Å². The Bertz CT molecular complexity index is 37.9. The largest absolute Gasteiger partial charge is 1.00 e. The summed E-state index contributed by atoms with van der Waals surface area (Å²) in [4.78, 5) is 8.33. The van der Waals surface area contributed by atoms with E-state index in [9.17, 15) is 0 Å². The fourth-order valence-corrected chi connectivity index (χ4v) is 0. The van der Waals surface area contributed by atoms with Gasteiger partial charge in [-0.05, 0) is 6.16 Å². The summed E-state index contributed by atoms with van der Waals surface area (Å²) in [6.45, 7) is 0. The van der Waals surface area contributed by atoms with Gasteiger partial charge in [-0.1, -0.05) is 0 Å². The fraction of sp³-hybridized carbons (Fsp3) is 0. The van der Waals surface area contributed by atoms with E-state index in [1.165, 1.54) is 42.7 Å². The number of rotatable bonds is 0. The predicted molar refractivity (Wildman–Crippen MR) is 19.7 cm³/mol. The van der Waals surface area contributed by atoms with Crippen molar-refractivity contribution in [1.29, 1.82) is 0 Å². The first-order chi connectivity index (χ1) is 2.73. The third kappa shape index (κ3) is 69.7. The molecule has 0 atom stereocenters. The van der Waals surface area contributed by atoms with Crippen LogP contribution in [0.2, 0.25) is 0 Å². The van der Waals surface area contributed by atoms with Crippen LogP contribution in [0.1, 0.15) is 0 Å². The van der Waals surface area contributed by atoms with Crippen LogP contribution >= 0.6 is 0 Å². The van der Waals surface area contributed by atoms with E-state index in [-0.39, 0.29) is 29.6 Å². The van der Waals surface area contributed by atoms with Gasteiger partial charge in [0.2, 0.25) is 0 Å². The summed E-state index contributed by atoms with van der Waals surface area (Å²) >= 11 is 1.51. The second-order valence-electron chi connectivity index (χ2n) is 0.250. The van der Waals surface area contributed by atoms with E-state index in [4.69, 9.17) is 15.0 Å². The second kappa shape index (κ2) is 15.7. The summed E-state index contributed by atoms with van der Waals surface area (Å²) in [7, 11) is 1.43. The summed E-state index contributed by atoms with van der Waals surface area (Å²) in [6, 6.07) is 0. The summed E-state index contributed by atoms with van der Waals surface area (Å²) < 4.78 is 0. The van der Waals surface area contributed by atoms with Crippen molar-refractivity contribution < 1.29 is 44.6 Å². The minimum absolute atomic E-state index is 0. The molecule has 0 rings (SSSR count). The van der Waals surface area contributed by atoms with Crippen molar-refractivity contribution in [2.75, 3.05) is 0 Å². The second-order valence-corrected chi connectivity index (χ2v) is 0.250. The molecule has 0 unspecified atom stereocenters. The van der Waals surface area contributed by atoms with Crippen LogP contribution in [-0.4, -0.2) is 48.9 Å². The van der Waals surface area contributed by atoms with E-state index < -0.39 is 6.16 Å². The van der Waals surface area contributed by atoms with Crippen molar-refractivity contribution in [3.05, 3.63) is 0 Å². The summed E-state index contributed by atoms with van der Waals surface area (Å²) in [5.41, 5.74) is 0. The zero-order valence-corrected chi connectivity index (χ0v) is 10.6. The molecule has 0 heterocycles. The molecule has 0 saturated carbocycles. The molecule has 0 aliphatic heterocycles. The van der Waals surface area contributed by atoms with Gasteiger partial charge >= 0.3 is 72.3 Å². The van der Waals surface area contributed by atoms with Crippen molar-refractivity contribution in [3.63, 3.8) is 0 Å². The van der Waals surface area contributed by atoms with Crippen molar-refractivity contribution in [3.8, 4) is 0 Å². The molecular formula is CH2AlCaNaO3. The van der Waals surface area contributed by atoms with Gasteiger partial charge in [-0.2, -0.15) is 0 Å². The first kappa shape index (κ1) is 16.0. The Kier molecular flexibility index (Phi) is 35.9. The van der Waals surface area contributed by atoms with Gasteiger partial charge in [-0.15, -0.1) is 0 Å². The normalized spacial score (nSPS) is 4.29. The first-order valence-electron chi connectivity index (χ1n) is 1.32. The third-order valence-electron chi connectivity index (χ3n) is 0. The van der Waals surface area contributed by atoms with Gasteiger partial charge in [-0.3, -0.25) is 0 Å². The quantitative estimate of drug-likeness (QED) is 0.324. The van der Waals surface area contributed by atoms with Gasteiger partial charge in [0, 0.05) is 0 Å². The molecule has 3 nitrogen and oxygen atoms in total. The number of hydrogen-bond donors (Lipinski definition) is 0. The maximum absolute atomic E-state index is 8.33. The topological polar surface area (TPSA) is 63.2 Å². The molecule has 0 aromatic carbocycles. The molecule has 0 aromatic heterocycles. The molecule has 0 aliphatic carbocycles. The number of carboxylic acid groups (broad SMARTS) is 2. The molecule has 0 amide bonds. The zero-order valence-electron chi connectivity index (χ0n) is 4.43. The van der Waals surface area contributed by atoms with Gasteiger partial charge < -0.3 is 15.0 Å². The van der Waals surface area contributed by atoms with Gasteiger partial charge in [-0.25, -0.2) is 0 Å². The van der Waals surface area contributed by atoms with Crippen molar-refractivity contribution in [2.45, 2.75) is 0 Å². The van der Waals surface area contributed by atoms with E-state index in [1.807, 2.05) is 0 Å². The standard InChI is InChI=1S/CH2O3.Al.Ca.Na.2H/c2-1(3)4;;;;;/h(H2,2,3,4);;;;;/q;;2*+1;;/p-2. The molecule has 0 radical (unpaired) electrons. The molecule has 0 saturated heterocycles. The summed E-state index contributed by atoms with van der Waals surface area (Å²) in [5, 5.41) is 16.7. The van der Waals surface area contributed by atoms with E-state index >= 15 is 0 Å². The van der Waals surface area contributed by atoms with Gasteiger partial charge in [0.1, 0.15) is 0 Å².